The first-order chi connectivity index (χ1) is 11.8. The molecule has 0 fully saturated rings. The van der Waals surface area contributed by atoms with Crippen molar-refractivity contribution in [3.05, 3.63) is 58.9 Å². The molecule has 0 unspecified atom stereocenters. The summed E-state index contributed by atoms with van der Waals surface area (Å²) in [6, 6.07) is 6.59. The van der Waals surface area contributed by atoms with Gasteiger partial charge < -0.3 is 10.1 Å². The van der Waals surface area contributed by atoms with Crippen molar-refractivity contribution in [3.63, 3.8) is 0 Å². The predicted octanol–water partition coefficient (Wildman–Crippen LogP) is 3.71. The molecule has 2 rings (SSSR count). The minimum absolute atomic E-state index is 0.0645. The third kappa shape index (κ3) is 4.21. The van der Waals surface area contributed by atoms with Crippen LogP contribution in [0.5, 0.6) is 5.75 Å². The molecule has 0 bridgehead atoms. The summed E-state index contributed by atoms with van der Waals surface area (Å²) in [5.74, 6) is -9.71. The Morgan fingerprint density at radius 1 is 0.960 bits per heavy atom. The molecule has 2 aromatic rings. The molecule has 132 valence electrons. The Morgan fingerprint density at radius 3 is 2.00 bits per heavy atom. The Morgan fingerprint density at radius 2 is 1.48 bits per heavy atom. The normalized spacial score (nSPS) is 10.8. The van der Waals surface area contributed by atoms with Gasteiger partial charge in [-0.05, 0) is 36.5 Å². The molecule has 0 heterocycles. The molecule has 0 aliphatic carbocycles. The molecule has 4 nitrogen and oxygen atoms in total. The minimum Gasteiger partial charge on any atom is -0.497 e. The summed E-state index contributed by atoms with van der Waals surface area (Å²) in [7, 11) is 1.50. The zero-order chi connectivity index (χ0) is 18.6. The fourth-order valence-electron chi connectivity index (χ4n) is 1.72. The average molecular weight is 375 g/mol. The molecule has 0 amide bonds. The first kappa shape index (κ1) is 18.6. The van der Waals surface area contributed by atoms with Crippen molar-refractivity contribution in [3.8, 4) is 5.75 Å². The van der Waals surface area contributed by atoms with Crippen LogP contribution < -0.4 is 15.5 Å². The van der Waals surface area contributed by atoms with Crippen LogP contribution in [-0.4, -0.2) is 18.4 Å². The zero-order valence-corrected chi connectivity index (χ0v) is 13.4. The van der Waals surface area contributed by atoms with Gasteiger partial charge in [0.05, 0.1) is 18.9 Å². The second kappa shape index (κ2) is 7.88. The third-order valence-electron chi connectivity index (χ3n) is 2.95. The van der Waals surface area contributed by atoms with E-state index in [-0.39, 0.29) is 5.11 Å². The van der Waals surface area contributed by atoms with Gasteiger partial charge in [0.1, 0.15) is 5.75 Å². The smallest absolute Gasteiger partial charge is 0.200 e. The number of methoxy groups -OCH3 is 1. The van der Waals surface area contributed by atoms with E-state index in [0.717, 1.165) is 0 Å². The molecule has 0 aliphatic heterocycles. The number of rotatable bonds is 4. The van der Waals surface area contributed by atoms with E-state index in [1.807, 2.05) is 0 Å². The fourth-order valence-corrected chi connectivity index (χ4v) is 1.89. The van der Waals surface area contributed by atoms with Crippen molar-refractivity contribution in [1.29, 1.82) is 0 Å². The molecule has 0 aromatic heterocycles. The van der Waals surface area contributed by atoms with Gasteiger partial charge >= 0.3 is 0 Å². The van der Waals surface area contributed by atoms with Gasteiger partial charge in [-0.15, -0.1) is 0 Å². The molecule has 2 aromatic carbocycles. The van der Waals surface area contributed by atoms with Gasteiger partial charge in [-0.3, -0.25) is 5.43 Å². The number of hydrogen-bond donors (Lipinski definition) is 2. The molecule has 0 saturated carbocycles. The van der Waals surface area contributed by atoms with Crippen molar-refractivity contribution in [2.24, 2.45) is 5.10 Å². The predicted molar refractivity (Wildman–Crippen MR) is 86.2 cm³/mol. The lowest BCUT2D eigenvalue weighted by atomic mass is 10.2. The van der Waals surface area contributed by atoms with E-state index in [1.54, 1.807) is 24.3 Å². The van der Waals surface area contributed by atoms with Gasteiger partial charge in [0.15, 0.2) is 28.4 Å². The minimum atomic E-state index is -2.24. The highest BCUT2D eigenvalue weighted by molar-refractivity contribution is 7.80. The van der Waals surface area contributed by atoms with Crippen LogP contribution in [0.25, 0.3) is 0 Å². The van der Waals surface area contributed by atoms with Gasteiger partial charge in [0.25, 0.3) is 0 Å². The van der Waals surface area contributed by atoms with Gasteiger partial charge in [-0.1, -0.05) is 0 Å². The molecular formula is C15H10F5N3OS. The van der Waals surface area contributed by atoms with Crippen molar-refractivity contribution < 1.29 is 26.7 Å². The molecule has 2 N–H and O–H groups in total. The van der Waals surface area contributed by atoms with Gasteiger partial charge in [0.2, 0.25) is 5.82 Å². The van der Waals surface area contributed by atoms with E-state index < -0.39 is 34.6 Å². The van der Waals surface area contributed by atoms with Crippen LogP contribution in [-0.2, 0) is 0 Å². The summed E-state index contributed by atoms with van der Waals surface area (Å²) < 4.78 is 70.9. The lowest BCUT2D eigenvalue weighted by Gasteiger charge is -2.08. The van der Waals surface area contributed by atoms with E-state index in [2.05, 4.69) is 15.8 Å². The van der Waals surface area contributed by atoms with Crippen LogP contribution in [0.4, 0.5) is 27.6 Å². The maximum atomic E-state index is 13.4. The van der Waals surface area contributed by atoms with Crippen molar-refractivity contribution >= 4 is 29.2 Å². The molecule has 0 spiro atoms. The highest BCUT2D eigenvalue weighted by Gasteiger charge is 2.24. The van der Waals surface area contributed by atoms with Crippen molar-refractivity contribution in [1.82, 2.24) is 5.43 Å². The lowest BCUT2D eigenvalue weighted by Crippen LogP contribution is -2.24. The number of hydrogen-bond acceptors (Lipinski definition) is 3. The average Bonchev–Trinajstić information content (AvgIpc) is 2.62. The van der Waals surface area contributed by atoms with Gasteiger partial charge in [0, 0.05) is 5.69 Å². The number of nitrogens with zero attached hydrogens (tertiary/aromatic N) is 1. The number of thiocarbonyl (C=S) groups is 1. The summed E-state index contributed by atoms with van der Waals surface area (Å²) in [5.41, 5.74) is 1.58. The number of benzene rings is 2. The second-order valence-electron chi connectivity index (χ2n) is 4.54. The number of hydrazone groups is 1. The SMILES string of the molecule is COc1ccc(NC(=S)N/N=C\c2c(F)c(F)c(F)c(F)c2F)cc1. The van der Waals surface area contributed by atoms with Crippen molar-refractivity contribution in [2.75, 3.05) is 12.4 Å². The number of ether oxygens (including phenoxy) is 1. The zero-order valence-electron chi connectivity index (χ0n) is 12.5. The van der Waals surface area contributed by atoms with Crippen molar-refractivity contribution in [2.45, 2.75) is 0 Å². The summed E-state index contributed by atoms with van der Waals surface area (Å²) >= 11 is 4.89. The fraction of sp³-hybridized carbons (Fsp3) is 0.0667. The number of anilines is 1. The largest absolute Gasteiger partial charge is 0.497 e. The Balaban J connectivity index is 2.06. The van der Waals surface area contributed by atoms with E-state index in [9.17, 15) is 22.0 Å². The Kier molecular flexibility index (Phi) is 5.86. The van der Waals surface area contributed by atoms with Gasteiger partial charge in [-0.25, -0.2) is 22.0 Å². The van der Waals surface area contributed by atoms with Crippen LogP contribution in [0.2, 0.25) is 0 Å². The Bertz CT molecular complexity index is 798. The first-order valence-electron chi connectivity index (χ1n) is 6.60. The standard InChI is InChI=1S/C15H10F5N3OS/c1-24-8-4-2-7(3-5-8)22-15(25)23-21-6-9-10(16)12(18)14(20)13(19)11(9)17/h2-6H,1H3,(H2,22,23,25)/b21-6-. The molecule has 25 heavy (non-hydrogen) atoms. The molecule has 0 saturated heterocycles. The maximum absolute atomic E-state index is 13.4. The molecule has 0 aliphatic rings. The molecule has 0 radical (unpaired) electrons. The Labute approximate surface area is 144 Å². The molecule has 0 atom stereocenters. The number of nitrogens with one attached hydrogen (secondary N) is 2. The third-order valence-corrected chi connectivity index (χ3v) is 3.14. The quantitative estimate of drug-likeness (QED) is 0.214. The topological polar surface area (TPSA) is 45.6 Å². The van der Waals surface area contributed by atoms with Crippen LogP contribution >= 0.6 is 12.2 Å². The summed E-state index contributed by atoms with van der Waals surface area (Å²) in [5, 5.41) is 6.00. The van der Waals surface area contributed by atoms with E-state index >= 15 is 0 Å². The number of halogens is 5. The highest BCUT2D eigenvalue weighted by atomic mass is 32.1. The van der Waals surface area contributed by atoms with E-state index in [1.165, 1.54) is 7.11 Å². The van der Waals surface area contributed by atoms with Crippen LogP contribution in [0.1, 0.15) is 5.56 Å². The molecule has 10 heteroatoms. The maximum Gasteiger partial charge on any atom is 0.200 e. The second-order valence-corrected chi connectivity index (χ2v) is 4.94. The van der Waals surface area contributed by atoms with Gasteiger partial charge in [-0.2, -0.15) is 5.10 Å². The highest BCUT2D eigenvalue weighted by Crippen LogP contribution is 2.21. The lowest BCUT2D eigenvalue weighted by molar-refractivity contribution is 0.377. The van der Waals surface area contributed by atoms with Crippen LogP contribution in [0.3, 0.4) is 0 Å². The molecular weight excluding hydrogens is 365 g/mol. The van der Waals surface area contributed by atoms with Crippen LogP contribution in [0.15, 0.2) is 29.4 Å². The summed E-state index contributed by atoms with van der Waals surface area (Å²) in [6.07, 6.45) is 0.443. The van der Waals surface area contributed by atoms with E-state index in [0.29, 0.717) is 17.7 Å². The Hall–Kier alpha value is -2.75. The summed E-state index contributed by atoms with van der Waals surface area (Å²) in [6.45, 7) is 0. The van der Waals surface area contributed by atoms with Crippen LogP contribution in [0, 0.1) is 29.1 Å². The summed E-state index contributed by atoms with van der Waals surface area (Å²) in [4.78, 5) is 0. The van der Waals surface area contributed by atoms with E-state index in [4.69, 9.17) is 17.0 Å². The monoisotopic (exact) mass is 375 g/mol. The first-order valence-corrected chi connectivity index (χ1v) is 7.01.